The minimum Gasteiger partial charge on any atom is -0.374 e. The molecule has 4 heteroatoms. The van der Waals surface area contributed by atoms with E-state index in [-0.39, 0.29) is 10.7 Å². The number of ether oxygens (including phenoxy) is 1. The summed E-state index contributed by atoms with van der Waals surface area (Å²) in [6.45, 7) is 6.15. The van der Waals surface area contributed by atoms with E-state index in [1.807, 2.05) is 13.8 Å². The molecule has 0 rings (SSSR count). The van der Waals surface area contributed by atoms with Crippen molar-refractivity contribution in [2.24, 2.45) is 0 Å². The van der Waals surface area contributed by atoms with Crippen molar-refractivity contribution in [2.75, 3.05) is 0 Å². The second kappa shape index (κ2) is 4.32. The van der Waals surface area contributed by atoms with E-state index in [4.69, 9.17) is 4.74 Å². The van der Waals surface area contributed by atoms with E-state index in [0.717, 1.165) is 0 Å². The zero-order valence-electron chi connectivity index (χ0n) is 6.79. The van der Waals surface area contributed by atoms with Gasteiger partial charge in [0.1, 0.15) is 0 Å². The van der Waals surface area contributed by atoms with Gasteiger partial charge in [0.15, 0.2) is 0 Å². The quantitative estimate of drug-likeness (QED) is 0.631. The van der Waals surface area contributed by atoms with Crippen molar-refractivity contribution in [1.29, 1.82) is 0 Å². The van der Waals surface area contributed by atoms with Crippen LogP contribution in [0.5, 0.6) is 0 Å². The van der Waals surface area contributed by atoms with Crippen molar-refractivity contribution < 1.29 is 4.74 Å². The van der Waals surface area contributed by atoms with Crippen molar-refractivity contribution in [3.63, 3.8) is 0 Å². The van der Waals surface area contributed by atoms with Crippen LogP contribution in [-0.4, -0.2) is 16.8 Å². The van der Waals surface area contributed by atoms with Crippen molar-refractivity contribution in [3.05, 3.63) is 0 Å². The third-order valence-electron chi connectivity index (χ3n) is 1.18. The van der Waals surface area contributed by atoms with Crippen molar-refractivity contribution in [2.45, 2.75) is 37.6 Å². The molecule has 0 aromatic heterocycles. The molecule has 0 saturated carbocycles. The number of hydrogen-bond acceptors (Lipinski definition) is 1. The average Bonchev–Trinajstić information content (AvgIpc) is 1.60. The van der Waals surface area contributed by atoms with E-state index in [9.17, 15) is 0 Å². The number of rotatable bonds is 3. The fraction of sp³-hybridized carbons (Fsp3) is 1.00. The van der Waals surface area contributed by atoms with E-state index in [1.165, 1.54) is 0 Å². The van der Waals surface area contributed by atoms with Crippen LogP contribution in [0.1, 0.15) is 20.8 Å². The summed E-state index contributed by atoms with van der Waals surface area (Å²) in [5.41, 5.74) is 0. The van der Waals surface area contributed by atoms with Crippen LogP contribution < -0.4 is 0 Å². The van der Waals surface area contributed by atoms with Crippen LogP contribution in [-0.2, 0) is 4.74 Å². The van der Waals surface area contributed by atoms with Gasteiger partial charge in [-0.1, -0.05) is 0 Å². The van der Waals surface area contributed by atoms with E-state index in [2.05, 4.69) is 34.6 Å². The highest BCUT2D eigenvalue weighted by atomic mass is 31.1. The highest BCUT2D eigenvalue weighted by Gasteiger charge is 2.21. The standard InChI is InChI=1S/C6H17OP3/c1-4(2)7-5(3)6(8,9)10/h4-5H,8-10H2,1-3H3. The molecule has 0 aliphatic rings. The molecule has 0 amide bonds. The van der Waals surface area contributed by atoms with Gasteiger partial charge in [0.2, 0.25) is 0 Å². The lowest BCUT2D eigenvalue weighted by Gasteiger charge is -2.28. The molecule has 1 nitrogen and oxygen atoms in total. The highest BCUT2D eigenvalue weighted by molar-refractivity contribution is 7.57. The largest absolute Gasteiger partial charge is 0.374 e. The molecular weight excluding hydrogens is 181 g/mol. The van der Waals surface area contributed by atoms with Crippen LogP contribution >= 0.6 is 27.7 Å². The second-order valence-electron chi connectivity index (χ2n) is 2.83. The minimum atomic E-state index is 0.0181. The summed E-state index contributed by atoms with van der Waals surface area (Å²) in [7, 11) is 8.17. The van der Waals surface area contributed by atoms with Crippen molar-refractivity contribution in [1.82, 2.24) is 0 Å². The van der Waals surface area contributed by atoms with Gasteiger partial charge < -0.3 is 4.74 Å². The lowest BCUT2D eigenvalue weighted by Crippen LogP contribution is -2.26. The van der Waals surface area contributed by atoms with E-state index in [1.54, 1.807) is 0 Å². The Morgan fingerprint density at radius 3 is 1.60 bits per heavy atom. The average molecular weight is 198 g/mol. The Balaban J connectivity index is 3.73. The first-order chi connectivity index (χ1) is 4.34. The van der Waals surface area contributed by atoms with Crippen LogP contribution in [0.4, 0.5) is 0 Å². The van der Waals surface area contributed by atoms with Gasteiger partial charge in [0, 0.05) is 4.64 Å². The Labute approximate surface area is 70.7 Å². The predicted molar refractivity (Wildman–Crippen MR) is 57.5 cm³/mol. The third-order valence-corrected chi connectivity index (χ3v) is 2.59. The van der Waals surface area contributed by atoms with E-state index >= 15 is 0 Å². The Bertz CT molecular complexity index is 97.7. The zero-order valence-corrected chi connectivity index (χ0v) is 10.3. The van der Waals surface area contributed by atoms with Gasteiger partial charge in [-0.25, -0.2) is 0 Å². The first-order valence-electron chi connectivity index (χ1n) is 3.36. The van der Waals surface area contributed by atoms with Crippen LogP contribution in [0.3, 0.4) is 0 Å². The summed E-state index contributed by atoms with van der Waals surface area (Å²) in [6.07, 6.45) is 0.531. The lowest BCUT2D eigenvalue weighted by atomic mass is 10.4. The molecule has 0 aliphatic heterocycles. The molecule has 0 spiro atoms. The van der Waals surface area contributed by atoms with E-state index < -0.39 is 0 Å². The van der Waals surface area contributed by atoms with Crippen LogP contribution in [0, 0.1) is 0 Å². The fourth-order valence-electron chi connectivity index (χ4n) is 0.526. The Morgan fingerprint density at radius 1 is 1.10 bits per heavy atom. The summed E-state index contributed by atoms with van der Waals surface area (Å²) < 4.78 is 5.57. The topological polar surface area (TPSA) is 9.23 Å². The molecule has 4 unspecified atom stereocenters. The van der Waals surface area contributed by atoms with Gasteiger partial charge in [0.25, 0.3) is 0 Å². The molecule has 0 radical (unpaired) electrons. The summed E-state index contributed by atoms with van der Waals surface area (Å²) in [6, 6.07) is 0. The summed E-state index contributed by atoms with van der Waals surface area (Å²) in [5, 5.41) is 0. The van der Waals surface area contributed by atoms with Crippen LogP contribution in [0.15, 0.2) is 0 Å². The van der Waals surface area contributed by atoms with Crippen LogP contribution in [0.2, 0.25) is 0 Å². The maximum Gasteiger partial charge on any atom is 0.0708 e. The molecule has 0 saturated heterocycles. The SMILES string of the molecule is CC(C)OC(C)C(P)(P)P. The molecule has 0 bridgehead atoms. The lowest BCUT2D eigenvalue weighted by molar-refractivity contribution is 0.0240. The summed E-state index contributed by atoms with van der Waals surface area (Å²) >= 11 is 0. The molecule has 0 aromatic rings. The first-order valence-corrected chi connectivity index (χ1v) is 5.09. The smallest absolute Gasteiger partial charge is 0.0708 e. The second-order valence-corrected chi connectivity index (χ2v) is 7.83. The Morgan fingerprint density at radius 2 is 1.50 bits per heavy atom. The molecular formula is C6H17OP3. The van der Waals surface area contributed by atoms with Gasteiger partial charge in [0.05, 0.1) is 12.2 Å². The molecule has 62 valence electrons. The summed E-state index contributed by atoms with van der Waals surface area (Å²) in [4.78, 5) is 0. The number of hydrogen-bond donors (Lipinski definition) is 0. The van der Waals surface area contributed by atoms with Crippen LogP contribution in [0.25, 0.3) is 0 Å². The molecule has 0 N–H and O–H groups in total. The van der Waals surface area contributed by atoms with Gasteiger partial charge in [-0.3, -0.25) is 0 Å². The van der Waals surface area contributed by atoms with E-state index in [0.29, 0.717) is 6.10 Å². The van der Waals surface area contributed by atoms with Gasteiger partial charge in [-0.2, -0.15) is 0 Å². The fourth-order valence-corrected chi connectivity index (χ4v) is 0.762. The highest BCUT2D eigenvalue weighted by Crippen LogP contribution is 2.39. The minimum absolute atomic E-state index is 0.0181. The zero-order chi connectivity index (χ0) is 8.36. The van der Waals surface area contributed by atoms with Crippen molar-refractivity contribution >= 4 is 27.7 Å². The Kier molecular flexibility index (Phi) is 4.86. The van der Waals surface area contributed by atoms with Crippen molar-refractivity contribution in [3.8, 4) is 0 Å². The normalized spacial score (nSPS) is 15.9. The molecule has 4 atom stereocenters. The molecule has 0 fully saturated rings. The van der Waals surface area contributed by atoms with Gasteiger partial charge in [-0.05, 0) is 20.8 Å². The van der Waals surface area contributed by atoms with Gasteiger partial charge in [-0.15, -0.1) is 27.7 Å². The molecule has 0 aliphatic carbocycles. The maximum atomic E-state index is 5.55. The Hall–Kier alpha value is 1.25. The third kappa shape index (κ3) is 4.97. The molecule has 0 aromatic carbocycles. The predicted octanol–water partition coefficient (Wildman–Crippen LogP) is 2.08. The monoisotopic (exact) mass is 198 g/mol. The summed E-state index contributed by atoms with van der Waals surface area (Å²) in [5.74, 6) is 0. The molecule has 0 heterocycles. The first kappa shape index (κ1) is 11.2. The maximum absolute atomic E-state index is 5.55. The molecule has 10 heavy (non-hydrogen) atoms. The van der Waals surface area contributed by atoms with Gasteiger partial charge >= 0.3 is 0 Å².